The number of hydrogen-bond acceptors (Lipinski definition) is 7. The van der Waals surface area contributed by atoms with E-state index in [1.165, 1.54) is 29.2 Å². The Morgan fingerprint density at radius 1 is 0.863 bits per heavy atom. The van der Waals surface area contributed by atoms with Crippen LogP contribution in [0.1, 0.15) is 47.7 Å². The van der Waals surface area contributed by atoms with Crippen molar-refractivity contribution in [1.29, 1.82) is 0 Å². The molecule has 4 aromatic rings. The molecular weight excluding hydrogens is 685 g/mol. The van der Waals surface area contributed by atoms with Gasteiger partial charge in [-0.1, -0.05) is 48.5 Å². The lowest BCUT2D eigenvalue weighted by Gasteiger charge is -2.34. The SMILES string of the molecule is C[Si](C)(C)Oc1ccc([C@@H](Nc2ccc(F)cc2)[C@@H](CC[C@@H](O[Si](C)(C)C)c2ccc(F)cc2)C(=O)N2C(=O)OC[C@H]2c2ccccc2)cc1N. The second kappa shape index (κ2) is 15.8. The second-order valence-corrected chi connectivity index (χ2v) is 23.7. The number of amides is 2. The fourth-order valence-corrected chi connectivity index (χ4v) is 8.20. The molecule has 12 heteroatoms. The van der Waals surface area contributed by atoms with E-state index in [0.29, 0.717) is 29.1 Å². The Hall–Kier alpha value is -4.53. The summed E-state index contributed by atoms with van der Waals surface area (Å²) in [5, 5.41) is 3.47. The minimum absolute atomic E-state index is 0.0178. The van der Waals surface area contributed by atoms with Crippen molar-refractivity contribution in [2.75, 3.05) is 17.7 Å². The van der Waals surface area contributed by atoms with E-state index >= 15 is 4.79 Å². The van der Waals surface area contributed by atoms with Gasteiger partial charge in [-0.15, -0.1) is 0 Å². The summed E-state index contributed by atoms with van der Waals surface area (Å²) in [6, 6.07) is 25.4. The lowest BCUT2D eigenvalue weighted by molar-refractivity contribution is -0.134. The maximum absolute atomic E-state index is 15.0. The molecule has 5 rings (SSSR count). The van der Waals surface area contributed by atoms with Crippen molar-refractivity contribution in [2.45, 2.75) is 70.3 Å². The van der Waals surface area contributed by atoms with E-state index in [2.05, 4.69) is 44.6 Å². The third-order valence-electron chi connectivity index (χ3n) is 8.47. The van der Waals surface area contributed by atoms with Gasteiger partial charge in [-0.2, -0.15) is 0 Å². The monoisotopic (exact) mass is 731 g/mol. The van der Waals surface area contributed by atoms with Gasteiger partial charge < -0.3 is 24.6 Å². The molecule has 1 saturated heterocycles. The average molecular weight is 732 g/mol. The van der Waals surface area contributed by atoms with Gasteiger partial charge in [0, 0.05) is 5.69 Å². The van der Waals surface area contributed by atoms with Crippen LogP contribution in [0.2, 0.25) is 39.3 Å². The van der Waals surface area contributed by atoms with Crippen molar-refractivity contribution in [1.82, 2.24) is 4.90 Å². The number of nitrogens with one attached hydrogen (secondary N) is 1. The first kappa shape index (κ1) is 37.7. The molecule has 0 radical (unpaired) electrons. The van der Waals surface area contributed by atoms with E-state index in [1.807, 2.05) is 36.4 Å². The summed E-state index contributed by atoms with van der Waals surface area (Å²) in [4.78, 5) is 29.6. The molecule has 8 nitrogen and oxygen atoms in total. The molecule has 1 heterocycles. The summed E-state index contributed by atoms with van der Waals surface area (Å²) in [6.45, 7) is 12.4. The molecule has 4 atom stereocenters. The highest BCUT2D eigenvalue weighted by molar-refractivity contribution is 6.70. The highest BCUT2D eigenvalue weighted by Gasteiger charge is 2.44. The highest BCUT2D eigenvalue weighted by Crippen LogP contribution is 2.40. The van der Waals surface area contributed by atoms with E-state index in [1.54, 1.807) is 36.4 Å². The fraction of sp³-hybridized carbons (Fsp3) is 0.333. The van der Waals surface area contributed by atoms with Gasteiger partial charge in [-0.05, 0) is 117 Å². The Labute approximate surface area is 301 Å². The molecule has 0 saturated carbocycles. The maximum atomic E-state index is 15.0. The van der Waals surface area contributed by atoms with Gasteiger partial charge in [0.05, 0.1) is 23.8 Å². The van der Waals surface area contributed by atoms with Crippen LogP contribution in [0.3, 0.4) is 0 Å². The molecule has 270 valence electrons. The molecule has 1 aliphatic rings. The normalized spacial score (nSPS) is 16.7. The number of nitrogens with two attached hydrogens (primary N) is 1. The predicted molar refractivity (Wildman–Crippen MR) is 201 cm³/mol. The van der Waals surface area contributed by atoms with Crippen molar-refractivity contribution in [3.05, 3.63) is 125 Å². The van der Waals surface area contributed by atoms with Crippen LogP contribution in [0.25, 0.3) is 0 Å². The van der Waals surface area contributed by atoms with Crippen LogP contribution in [-0.2, 0) is 14.0 Å². The van der Waals surface area contributed by atoms with Crippen molar-refractivity contribution >= 4 is 40.0 Å². The Morgan fingerprint density at radius 2 is 1.47 bits per heavy atom. The number of ether oxygens (including phenoxy) is 1. The van der Waals surface area contributed by atoms with Crippen LogP contribution in [-0.4, -0.2) is 40.1 Å². The quantitative estimate of drug-likeness (QED) is 0.0984. The third-order valence-corrected chi connectivity index (χ3v) is 10.3. The zero-order valence-electron chi connectivity index (χ0n) is 30.0. The van der Waals surface area contributed by atoms with E-state index in [-0.39, 0.29) is 18.8 Å². The standard InChI is InChI=1S/C39H47F2N3O5Si2/c1-50(2,3)48-35(27-12-15-29(40)16-13-27)23-21-32(38(45)44-34(25-47-39(44)46)26-10-8-7-9-11-26)37(43-31-19-17-30(41)18-20-31)28-14-22-36(33(42)24-28)49-51(4,5)6/h7-20,22,24,32,34-35,37,43H,21,23,25,42H2,1-6H3/t32-,34+,35-,37-/m1/s1. The molecule has 4 aromatic carbocycles. The molecule has 1 fully saturated rings. The zero-order chi connectivity index (χ0) is 36.9. The number of halogens is 2. The van der Waals surface area contributed by atoms with Crippen LogP contribution in [0.15, 0.2) is 97.1 Å². The Bertz CT molecular complexity index is 1800. The second-order valence-electron chi connectivity index (χ2n) is 14.8. The summed E-state index contributed by atoms with van der Waals surface area (Å²) < 4.78 is 46.4. The number of imide groups is 1. The Balaban J connectivity index is 1.61. The highest BCUT2D eigenvalue weighted by atomic mass is 28.4. The van der Waals surface area contributed by atoms with Gasteiger partial charge in [0.25, 0.3) is 0 Å². The summed E-state index contributed by atoms with van der Waals surface area (Å²) in [5.41, 5.74) is 9.78. The van der Waals surface area contributed by atoms with Crippen molar-refractivity contribution in [3.63, 3.8) is 0 Å². The molecule has 0 spiro atoms. The van der Waals surface area contributed by atoms with Gasteiger partial charge in [0.1, 0.15) is 30.0 Å². The van der Waals surface area contributed by atoms with Crippen LogP contribution in [0.4, 0.5) is 25.0 Å². The average Bonchev–Trinajstić information content (AvgIpc) is 3.46. The summed E-state index contributed by atoms with van der Waals surface area (Å²) in [5.74, 6) is -1.53. The summed E-state index contributed by atoms with van der Waals surface area (Å²) in [7, 11) is -4.14. The largest absolute Gasteiger partial charge is 0.543 e. The van der Waals surface area contributed by atoms with E-state index in [4.69, 9.17) is 19.3 Å². The van der Waals surface area contributed by atoms with Gasteiger partial charge in [0.15, 0.2) is 8.32 Å². The molecule has 0 unspecified atom stereocenters. The molecule has 0 aliphatic carbocycles. The number of carbonyl (C=O) groups excluding carboxylic acids is 2. The van der Waals surface area contributed by atoms with Gasteiger partial charge in [-0.25, -0.2) is 18.5 Å². The molecule has 2 amide bonds. The lowest BCUT2D eigenvalue weighted by atomic mass is 9.85. The molecule has 0 aromatic heterocycles. The molecule has 3 N–H and O–H groups in total. The minimum Gasteiger partial charge on any atom is -0.543 e. The molecule has 51 heavy (non-hydrogen) atoms. The number of hydrogen-bond donors (Lipinski definition) is 2. The van der Waals surface area contributed by atoms with E-state index in [9.17, 15) is 13.6 Å². The number of cyclic esters (lactones) is 1. The number of carbonyl (C=O) groups is 2. The summed E-state index contributed by atoms with van der Waals surface area (Å²) >= 11 is 0. The van der Waals surface area contributed by atoms with Gasteiger partial charge in [-0.3, -0.25) is 4.79 Å². The van der Waals surface area contributed by atoms with Crippen molar-refractivity contribution in [2.24, 2.45) is 5.92 Å². The first-order chi connectivity index (χ1) is 24.1. The van der Waals surface area contributed by atoms with Crippen molar-refractivity contribution in [3.8, 4) is 5.75 Å². The lowest BCUT2D eigenvalue weighted by Crippen LogP contribution is -2.42. The maximum Gasteiger partial charge on any atom is 0.417 e. The van der Waals surface area contributed by atoms with Crippen molar-refractivity contribution < 1.29 is 32.0 Å². The molecular formula is C39H47F2N3O5Si2. The predicted octanol–water partition coefficient (Wildman–Crippen LogP) is 9.62. The van der Waals surface area contributed by atoms with Crippen LogP contribution < -0.4 is 15.5 Å². The smallest absolute Gasteiger partial charge is 0.417 e. The summed E-state index contributed by atoms with van der Waals surface area (Å²) in [6.07, 6.45) is -0.555. The van der Waals surface area contributed by atoms with Crippen LogP contribution in [0.5, 0.6) is 5.75 Å². The first-order valence-electron chi connectivity index (χ1n) is 17.2. The van der Waals surface area contributed by atoms with Gasteiger partial charge in [0.2, 0.25) is 14.2 Å². The van der Waals surface area contributed by atoms with Gasteiger partial charge >= 0.3 is 6.09 Å². The van der Waals surface area contributed by atoms with Crippen LogP contribution in [0, 0.1) is 17.6 Å². The zero-order valence-corrected chi connectivity index (χ0v) is 32.0. The third kappa shape index (κ3) is 10.1. The van der Waals surface area contributed by atoms with E-state index in [0.717, 1.165) is 11.1 Å². The molecule has 0 bridgehead atoms. The first-order valence-corrected chi connectivity index (χ1v) is 24.0. The van der Waals surface area contributed by atoms with E-state index < -0.39 is 58.6 Å². The number of nitrogen functional groups attached to an aromatic ring is 1. The number of benzene rings is 4. The Morgan fingerprint density at radius 3 is 2.06 bits per heavy atom. The number of anilines is 2. The topological polar surface area (TPSA) is 103 Å². The molecule has 1 aliphatic heterocycles. The number of nitrogens with zero attached hydrogens (tertiary/aromatic N) is 1. The minimum atomic E-state index is -2.14. The van der Waals surface area contributed by atoms with Crippen LogP contribution >= 0.6 is 0 Å². The number of rotatable bonds is 14. The Kier molecular flexibility index (Phi) is 11.7. The fourth-order valence-electron chi connectivity index (χ4n) is 6.25.